The van der Waals surface area contributed by atoms with Crippen LogP contribution >= 0.6 is 0 Å². The number of hydrogen-bond donors (Lipinski definition) is 2. The van der Waals surface area contributed by atoms with Crippen molar-refractivity contribution in [1.29, 1.82) is 0 Å². The topological polar surface area (TPSA) is 118 Å². The number of halogens is 3. The van der Waals surface area contributed by atoms with Gasteiger partial charge < -0.3 is 20.3 Å². The first-order chi connectivity index (χ1) is 22.7. The van der Waals surface area contributed by atoms with Crippen LogP contribution < -0.4 is 16.2 Å². The minimum Gasteiger partial charge on any atom is -0.444 e. The van der Waals surface area contributed by atoms with E-state index < -0.39 is 46.3 Å². The number of hydrogen-bond acceptors (Lipinski definition) is 7. The van der Waals surface area contributed by atoms with E-state index in [0.29, 0.717) is 16.8 Å². The van der Waals surface area contributed by atoms with Crippen LogP contribution in [0, 0.1) is 24.4 Å². The molecule has 0 spiro atoms. The molecule has 0 atom stereocenters. The molecule has 248 valence electrons. The van der Waals surface area contributed by atoms with Crippen molar-refractivity contribution in [3.63, 3.8) is 0 Å². The summed E-state index contributed by atoms with van der Waals surface area (Å²) in [4.78, 5) is 49.4. The van der Waals surface area contributed by atoms with E-state index in [9.17, 15) is 18.8 Å². The highest BCUT2D eigenvalue weighted by Crippen LogP contribution is 2.32. The second-order valence-corrected chi connectivity index (χ2v) is 12.0. The Morgan fingerprint density at radius 1 is 0.938 bits per heavy atom. The number of nitrogens with zero attached hydrogens (tertiary/aromatic N) is 4. The molecule has 0 unspecified atom stereocenters. The average Bonchev–Trinajstić information content (AvgIpc) is 3.02. The van der Waals surface area contributed by atoms with Crippen molar-refractivity contribution in [2.45, 2.75) is 33.3 Å². The molecule has 0 bridgehead atoms. The van der Waals surface area contributed by atoms with Gasteiger partial charge in [-0.1, -0.05) is 12.1 Å². The number of anilines is 2. The summed E-state index contributed by atoms with van der Waals surface area (Å²) in [6, 6.07) is 16.1. The van der Waals surface area contributed by atoms with Crippen molar-refractivity contribution in [2.75, 3.05) is 30.8 Å². The van der Waals surface area contributed by atoms with Crippen molar-refractivity contribution in [2.24, 2.45) is 0 Å². The summed E-state index contributed by atoms with van der Waals surface area (Å²) in [5.41, 5.74) is -0.0799. The fourth-order valence-electron chi connectivity index (χ4n) is 4.84. The summed E-state index contributed by atoms with van der Waals surface area (Å²) in [5, 5.41) is 6.03. The molecule has 0 aliphatic rings. The molecular formula is C35H33F3N6O4. The third-order valence-corrected chi connectivity index (χ3v) is 7.20. The van der Waals surface area contributed by atoms with Crippen molar-refractivity contribution >= 4 is 34.7 Å². The van der Waals surface area contributed by atoms with Crippen LogP contribution in [0.4, 0.5) is 29.6 Å². The van der Waals surface area contributed by atoms with Gasteiger partial charge in [0.1, 0.15) is 28.7 Å². The molecule has 0 aliphatic heterocycles. The van der Waals surface area contributed by atoms with Crippen LogP contribution in [-0.2, 0) is 4.74 Å². The van der Waals surface area contributed by atoms with Gasteiger partial charge in [0, 0.05) is 48.4 Å². The summed E-state index contributed by atoms with van der Waals surface area (Å²) in [7, 11) is 1.56. The van der Waals surface area contributed by atoms with Gasteiger partial charge in [0.25, 0.3) is 11.5 Å². The number of benzene rings is 3. The molecule has 5 aromatic rings. The fraction of sp³-hybridized carbons (Fsp3) is 0.229. The molecule has 2 aromatic heterocycles. The average molecular weight is 659 g/mol. The first-order valence-corrected chi connectivity index (χ1v) is 15.0. The van der Waals surface area contributed by atoms with Crippen LogP contribution in [0.5, 0.6) is 0 Å². The Bertz CT molecular complexity index is 2060. The van der Waals surface area contributed by atoms with Gasteiger partial charge in [-0.3, -0.25) is 14.2 Å². The van der Waals surface area contributed by atoms with E-state index in [-0.39, 0.29) is 41.3 Å². The van der Waals surface area contributed by atoms with Crippen LogP contribution in [0.2, 0.25) is 0 Å². The van der Waals surface area contributed by atoms with Crippen molar-refractivity contribution in [1.82, 2.24) is 19.4 Å². The molecule has 0 saturated heterocycles. The highest BCUT2D eigenvalue weighted by atomic mass is 19.1. The number of rotatable bonds is 8. The van der Waals surface area contributed by atoms with Gasteiger partial charge in [-0.2, -0.15) is 4.98 Å². The Kier molecular flexibility index (Phi) is 9.50. The maximum Gasteiger partial charge on any atom is 0.410 e. The van der Waals surface area contributed by atoms with E-state index in [2.05, 4.69) is 15.6 Å². The molecular weight excluding hydrogens is 625 g/mol. The lowest BCUT2D eigenvalue weighted by atomic mass is 9.99. The predicted octanol–water partition coefficient (Wildman–Crippen LogP) is 6.70. The Balaban J connectivity index is 1.61. The molecule has 0 fully saturated rings. The van der Waals surface area contributed by atoms with Gasteiger partial charge in [-0.15, -0.1) is 0 Å². The Labute approximate surface area is 274 Å². The highest BCUT2D eigenvalue weighted by molar-refractivity contribution is 6.05. The van der Waals surface area contributed by atoms with Crippen molar-refractivity contribution < 1.29 is 27.5 Å². The molecule has 0 radical (unpaired) electrons. The maximum absolute atomic E-state index is 15.1. The zero-order valence-corrected chi connectivity index (χ0v) is 26.9. The van der Waals surface area contributed by atoms with Crippen LogP contribution in [-0.4, -0.2) is 57.2 Å². The van der Waals surface area contributed by atoms with Crippen LogP contribution in [0.3, 0.4) is 0 Å². The number of nitrogens with one attached hydrogen (secondary N) is 2. The second-order valence-electron chi connectivity index (χ2n) is 12.0. The summed E-state index contributed by atoms with van der Waals surface area (Å²) in [6.07, 6.45) is -0.542. The maximum atomic E-state index is 15.1. The zero-order valence-electron chi connectivity index (χ0n) is 26.9. The minimum atomic E-state index is -0.978. The first kappa shape index (κ1) is 33.6. The third kappa shape index (κ3) is 7.46. The normalized spacial score (nSPS) is 11.3. The molecule has 0 aliphatic carbocycles. The van der Waals surface area contributed by atoms with Gasteiger partial charge in [0.2, 0.25) is 5.95 Å². The number of fused-ring (bicyclic) bond motifs is 1. The first-order valence-electron chi connectivity index (χ1n) is 15.0. The third-order valence-electron chi connectivity index (χ3n) is 7.20. The number of likely N-dealkylation sites (N-methyl/N-ethyl adjacent to an activating group) is 1. The minimum absolute atomic E-state index is 0.00764. The van der Waals surface area contributed by atoms with Gasteiger partial charge in [-0.25, -0.2) is 22.9 Å². The number of carbonyl (C=O) groups excluding carboxylic acids is 2. The molecule has 2 N–H and O–H groups in total. The van der Waals surface area contributed by atoms with E-state index in [1.807, 2.05) is 0 Å². The molecule has 2 amide bonds. The fourth-order valence-corrected chi connectivity index (χ4v) is 4.84. The second kappa shape index (κ2) is 13.6. The van der Waals surface area contributed by atoms with E-state index in [0.717, 1.165) is 22.8 Å². The SMILES string of the molecule is Cc1ccc(C(=O)Nc2ccc(F)cc2)cc1-c1nc(NCCN(C)C(=O)OC(C)(C)C)nc2c1ccc(=O)n2-c1c(F)cccc1F. The van der Waals surface area contributed by atoms with Gasteiger partial charge in [0.05, 0.1) is 5.69 Å². The number of para-hydroxylation sites is 1. The molecule has 5 rings (SSSR count). The molecule has 13 heteroatoms. The lowest BCUT2D eigenvalue weighted by Gasteiger charge is -2.24. The number of ether oxygens (including phenoxy) is 1. The standard InChI is InChI=1S/C35H33F3N6O4/c1-20-9-10-21(32(46)40-23-13-11-22(36)12-14-23)19-25(20)29-24-15-16-28(45)44(30-26(37)7-6-8-27(30)38)31(24)42-33(41-29)39-17-18-43(5)34(47)48-35(2,3)4/h6-16,19H,17-18H2,1-5H3,(H,40,46)(H,39,41,42). The molecule has 10 nitrogen and oxygen atoms in total. The quantitative estimate of drug-likeness (QED) is 0.190. The largest absolute Gasteiger partial charge is 0.444 e. The zero-order chi connectivity index (χ0) is 34.7. The Hall–Kier alpha value is -5.72. The van der Waals surface area contributed by atoms with Crippen molar-refractivity contribution in [3.05, 3.63) is 112 Å². The summed E-state index contributed by atoms with van der Waals surface area (Å²) in [6.45, 7) is 7.37. The van der Waals surface area contributed by atoms with Gasteiger partial charge in [-0.05, 0) is 87.9 Å². The Morgan fingerprint density at radius 3 is 2.29 bits per heavy atom. The van der Waals surface area contributed by atoms with Crippen LogP contribution in [0.1, 0.15) is 36.7 Å². The van der Waals surface area contributed by atoms with Crippen LogP contribution in [0.15, 0.2) is 77.6 Å². The van der Waals surface area contributed by atoms with E-state index >= 15 is 8.78 Å². The van der Waals surface area contributed by atoms with Crippen LogP contribution in [0.25, 0.3) is 28.0 Å². The predicted molar refractivity (Wildman–Crippen MR) is 177 cm³/mol. The smallest absolute Gasteiger partial charge is 0.410 e. The number of amides is 2. The molecule has 3 aromatic carbocycles. The van der Waals surface area contributed by atoms with E-state index in [4.69, 9.17) is 9.72 Å². The summed E-state index contributed by atoms with van der Waals surface area (Å²) < 4.78 is 49.8. The number of carbonyl (C=O) groups is 2. The van der Waals surface area contributed by atoms with E-state index in [1.54, 1.807) is 52.9 Å². The molecule has 2 heterocycles. The number of pyridine rings is 1. The summed E-state index contributed by atoms with van der Waals surface area (Å²) >= 11 is 0. The number of aromatic nitrogens is 3. The lowest BCUT2D eigenvalue weighted by Crippen LogP contribution is -2.36. The number of aryl methyl sites for hydroxylation is 1. The van der Waals surface area contributed by atoms with Gasteiger partial charge >= 0.3 is 6.09 Å². The summed E-state index contributed by atoms with van der Waals surface area (Å²) in [5.74, 6) is -2.89. The highest BCUT2D eigenvalue weighted by Gasteiger charge is 2.22. The Morgan fingerprint density at radius 2 is 1.62 bits per heavy atom. The van der Waals surface area contributed by atoms with Gasteiger partial charge in [0.15, 0.2) is 5.65 Å². The van der Waals surface area contributed by atoms with Crippen molar-refractivity contribution in [3.8, 4) is 16.9 Å². The van der Waals surface area contributed by atoms with E-state index in [1.165, 1.54) is 41.3 Å². The lowest BCUT2D eigenvalue weighted by molar-refractivity contribution is 0.0305. The monoisotopic (exact) mass is 658 g/mol. The molecule has 48 heavy (non-hydrogen) atoms. The molecule has 0 saturated carbocycles.